The second-order valence-electron chi connectivity index (χ2n) is 4.15. The van der Waals surface area contributed by atoms with Gasteiger partial charge in [0.1, 0.15) is 17.0 Å². The Kier molecular flexibility index (Phi) is 3.16. The van der Waals surface area contributed by atoms with Gasteiger partial charge in [0, 0.05) is 5.56 Å². The van der Waals surface area contributed by atoms with Crippen molar-refractivity contribution in [1.82, 2.24) is 0 Å². The average molecular weight is 233 g/mol. The van der Waals surface area contributed by atoms with E-state index in [0.717, 1.165) is 36.3 Å². The van der Waals surface area contributed by atoms with Crippen molar-refractivity contribution in [1.29, 1.82) is 0 Å². The normalized spacial score (nSPS) is 16.6. The molecule has 0 radical (unpaired) electrons. The second-order valence-corrected chi connectivity index (χ2v) is 4.15. The third-order valence-electron chi connectivity index (χ3n) is 3.35. The van der Waals surface area contributed by atoms with E-state index in [-0.39, 0.29) is 0 Å². The third kappa shape index (κ3) is 1.92. The summed E-state index contributed by atoms with van der Waals surface area (Å²) in [6.07, 6.45) is 4.44. The molecule has 0 N–H and O–H groups in total. The van der Waals surface area contributed by atoms with Gasteiger partial charge in [-0.3, -0.25) is 0 Å². The molecule has 1 aliphatic carbocycles. The summed E-state index contributed by atoms with van der Waals surface area (Å²) in [5.74, 6) is 1.48. The minimum atomic E-state index is -0.457. The van der Waals surface area contributed by atoms with Crippen LogP contribution >= 0.6 is 0 Å². The van der Waals surface area contributed by atoms with Crippen LogP contribution in [0.4, 0.5) is 0 Å². The van der Waals surface area contributed by atoms with Crippen LogP contribution in [0.1, 0.15) is 24.8 Å². The monoisotopic (exact) mass is 233 g/mol. The highest BCUT2D eigenvalue weighted by atomic mass is 16.5. The van der Waals surface area contributed by atoms with E-state index in [1.807, 2.05) is 18.2 Å². The maximum Gasteiger partial charge on any atom is 0.235 e. The Morgan fingerprint density at radius 3 is 2.53 bits per heavy atom. The Labute approximate surface area is 100 Å². The highest BCUT2D eigenvalue weighted by molar-refractivity contribution is 5.48. The van der Waals surface area contributed by atoms with Gasteiger partial charge in [-0.1, -0.05) is 0 Å². The molecule has 1 aromatic rings. The van der Waals surface area contributed by atoms with Crippen molar-refractivity contribution >= 4 is 6.08 Å². The number of hydrogen-bond acceptors (Lipinski definition) is 4. The van der Waals surface area contributed by atoms with Gasteiger partial charge >= 0.3 is 0 Å². The quantitative estimate of drug-likeness (QED) is 0.592. The van der Waals surface area contributed by atoms with Crippen LogP contribution in [0.3, 0.4) is 0 Å². The zero-order valence-corrected chi connectivity index (χ0v) is 10.0. The molecule has 1 fully saturated rings. The van der Waals surface area contributed by atoms with Crippen LogP contribution in [0.15, 0.2) is 23.2 Å². The number of carbonyl (C=O) groups excluding carboxylic acids is 1. The number of aliphatic imine (C=N–C) groups is 1. The van der Waals surface area contributed by atoms with Crippen LogP contribution in [0.25, 0.3) is 0 Å². The van der Waals surface area contributed by atoms with Crippen LogP contribution in [-0.4, -0.2) is 20.3 Å². The first kappa shape index (κ1) is 11.7. The van der Waals surface area contributed by atoms with E-state index in [4.69, 9.17) is 9.47 Å². The SMILES string of the molecule is COc1ccc(OC)c(C2(N=C=O)CCC2)c1. The molecule has 0 atom stereocenters. The zero-order chi connectivity index (χ0) is 12.3. The maximum absolute atomic E-state index is 10.6. The summed E-state index contributed by atoms with van der Waals surface area (Å²) in [5, 5.41) is 0. The van der Waals surface area contributed by atoms with Crippen molar-refractivity contribution in [3.05, 3.63) is 23.8 Å². The van der Waals surface area contributed by atoms with Gasteiger partial charge in [-0.2, -0.15) is 4.99 Å². The first-order valence-corrected chi connectivity index (χ1v) is 5.57. The average Bonchev–Trinajstić information content (AvgIpc) is 2.33. The first-order chi connectivity index (χ1) is 8.25. The maximum atomic E-state index is 10.6. The van der Waals surface area contributed by atoms with Crippen LogP contribution in [-0.2, 0) is 10.3 Å². The fourth-order valence-corrected chi connectivity index (χ4v) is 2.22. The minimum Gasteiger partial charge on any atom is -0.497 e. The minimum absolute atomic E-state index is 0.457. The Bertz CT molecular complexity index is 460. The van der Waals surface area contributed by atoms with Crippen LogP contribution in [0, 0.1) is 0 Å². The predicted octanol–water partition coefficient (Wildman–Crippen LogP) is 2.42. The number of isocyanates is 1. The summed E-state index contributed by atoms with van der Waals surface area (Å²) in [7, 11) is 3.23. The molecule has 1 aliphatic rings. The third-order valence-corrected chi connectivity index (χ3v) is 3.35. The number of hydrogen-bond donors (Lipinski definition) is 0. The molecule has 0 bridgehead atoms. The standard InChI is InChI=1S/C13H15NO3/c1-16-10-4-5-12(17-2)11(8-10)13(14-9-15)6-3-7-13/h4-5,8H,3,6-7H2,1-2H3. The highest BCUT2D eigenvalue weighted by Gasteiger charge is 2.41. The largest absolute Gasteiger partial charge is 0.497 e. The van der Waals surface area contributed by atoms with E-state index in [2.05, 4.69) is 4.99 Å². The summed E-state index contributed by atoms with van der Waals surface area (Å²) in [5.41, 5.74) is 0.454. The van der Waals surface area contributed by atoms with Gasteiger partial charge in [0.2, 0.25) is 6.08 Å². The topological polar surface area (TPSA) is 47.9 Å². The number of methoxy groups -OCH3 is 2. The van der Waals surface area contributed by atoms with Gasteiger partial charge in [0.15, 0.2) is 0 Å². The van der Waals surface area contributed by atoms with Gasteiger partial charge in [0.05, 0.1) is 14.2 Å². The van der Waals surface area contributed by atoms with E-state index >= 15 is 0 Å². The lowest BCUT2D eigenvalue weighted by Gasteiger charge is -2.37. The summed E-state index contributed by atoms with van der Waals surface area (Å²) < 4.78 is 10.5. The van der Waals surface area contributed by atoms with Crippen molar-refractivity contribution in [2.24, 2.45) is 4.99 Å². The lowest BCUT2D eigenvalue weighted by molar-refractivity contribution is 0.245. The Hall–Kier alpha value is -1.80. The lowest BCUT2D eigenvalue weighted by Crippen LogP contribution is -2.32. The molecular weight excluding hydrogens is 218 g/mol. The molecule has 4 heteroatoms. The van der Waals surface area contributed by atoms with Crippen LogP contribution in [0.2, 0.25) is 0 Å². The Morgan fingerprint density at radius 1 is 1.29 bits per heavy atom. The summed E-state index contributed by atoms with van der Waals surface area (Å²) in [6, 6.07) is 5.56. The zero-order valence-electron chi connectivity index (χ0n) is 10.0. The molecule has 0 amide bonds. The van der Waals surface area contributed by atoms with E-state index in [1.54, 1.807) is 20.3 Å². The van der Waals surface area contributed by atoms with Crippen LogP contribution < -0.4 is 9.47 Å². The van der Waals surface area contributed by atoms with Crippen molar-refractivity contribution < 1.29 is 14.3 Å². The highest BCUT2D eigenvalue weighted by Crippen LogP contribution is 2.48. The first-order valence-electron chi connectivity index (χ1n) is 5.57. The van der Waals surface area contributed by atoms with Gasteiger partial charge in [-0.05, 0) is 37.5 Å². The molecule has 17 heavy (non-hydrogen) atoms. The molecule has 0 heterocycles. The van der Waals surface area contributed by atoms with E-state index < -0.39 is 5.54 Å². The number of ether oxygens (including phenoxy) is 2. The Morgan fingerprint density at radius 2 is 2.06 bits per heavy atom. The van der Waals surface area contributed by atoms with Gasteiger partial charge in [-0.25, -0.2) is 4.79 Å². The smallest absolute Gasteiger partial charge is 0.235 e. The lowest BCUT2D eigenvalue weighted by atomic mass is 9.72. The summed E-state index contributed by atoms with van der Waals surface area (Å²) in [6.45, 7) is 0. The molecular formula is C13H15NO3. The van der Waals surface area contributed by atoms with Crippen molar-refractivity contribution in [2.75, 3.05) is 14.2 Å². The molecule has 0 saturated heterocycles. The van der Waals surface area contributed by atoms with Crippen molar-refractivity contribution in [2.45, 2.75) is 24.8 Å². The molecule has 2 rings (SSSR count). The molecule has 0 unspecified atom stereocenters. The molecule has 0 spiro atoms. The number of benzene rings is 1. The van der Waals surface area contributed by atoms with E-state index in [9.17, 15) is 4.79 Å². The van der Waals surface area contributed by atoms with Gasteiger partial charge in [-0.15, -0.1) is 0 Å². The molecule has 90 valence electrons. The number of nitrogens with zero attached hydrogens (tertiary/aromatic N) is 1. The molecule has 0 aromatic heterocycles. The Balaban J connectivity index is 2.51. The van der Waals surface area contributed by atoms with Crippen molar-refractivity contribution in [3.8, 4) is 11.5 Å². The van der Waals surface area contributed by atoms with Crippen LogP contribution in [0.5, 0.6) is 11.5 Å². The van der Waals surface area contributed by atoms with Crippen molar-refractivity contribution in [3.63, 3.8) is 0 Å². The molecule has 0 aliphatic heterocycles. The summed E-state index contributed by atoms with van der Waals surface area (Å²) in [4.78, 5) is 14.6. The molecule has 1 saturated carbocycles. The second kappa shape index (κ2) is 4.60. The fourth-order valence-electron chi connectivity index (χ4n) is 2.22. The predicted molar refractivity (Wildman–Crippen MR) is 63.2 cm³/mol. The number of rotatable bonds is 4. The van der Waals surface area contributed by atoms with E-state index in [0.29, 0.717) is 0 Å². The summed E-state index contributed by atoms with van der Waals surface area (Å²) >= 11 is 0. The fraction of sp³-hybridized carbons (Fsp3) is 0.462. The molecule has 4 nitrogen and oxygen atoms in total. The molecule has 1 aromatic carbocycles. The van der Waals surface area contributed by atoms with Gasteiger partial charge < -0.3 is 9.47 Å². The van der Waals surface area contributed by atoms with Gasteiger partial charge in [0.25, 0.3) is 0 Å². The van der Waals surface area contributed by atoms with E-state index in [1.165, 1.54) is 0 Å².